The number of halogens is 1. The van der Waals surface area contributed by atoms with Gasteiger partial charge in [0.05, 0.1) is 17.6 Å². The second kappa shape index (κ2) is 10.9. The fourth-order valence-electron chi connectivity index (χ4n) is 3.49. The van der Waals surface area contributed by atoms with Crippen molar-refractivity contribution in [1.29, 1.82) is 0 Å². The van der Waals surface area contributed by atoms with Crippen molar-refractivity contribution in [2.75, 3.05) is 5.32 Å². The molecule has 2 aromatic carbocycles. The molecule has 7 nitrogen and oxygen atoms in total. The summed E-state index contributed by atoms with van der Waals surface area (Å²) in [5.74, 6) is 1.13. The van der Waals surface area contributed by atoms with Crippen LogP contribution in [-0.2, 0) is 24.1 Å². The maximum absolute atomic E-state index is 13.3. The average Bonchev–Trinajstić information content (AvgIpc) is 3.44. The molecule has 0 saturated heterocycles. The minimum Gasteiger partial charge on any atom is -0.323 e. The van der Waals surface area contributed by atoms with Crippen LogP contribution < -0.4 is 5.32 Å². The van der Waals surface area contributed by atoms with E-state index >= 15 is 0 Å². The molecule has 0 aliphatic heterocycles. The van der Waals surface area contributed by atoms with Gasteiger partial charge in [-0.3, -0.25) is 9.48 Å². The summed E-state index contributed by atoms with van der Waals surface area (Å²) in [4.78, 5) is 13.5. The molecule has 174 valence electrons. The normalized spacial score (nSPS) is 11.3. The van der Waals surface area contributed by atoms with Gasteiger partial charge in [-0.1, -0.05) is 6.92 Å². The SMILES string of the molecule is CCCn1cnnc1CSc1ccc(NC(=O)/C=C/c2cnn(C)c2-c2ccc(F)cc2)cc1. The summed E-state index contributed by atoms with van der Waals surface area (Å²) >= 11 is 1.67. The first kappa shape index (κ1) is 23.4. The molecule has 0 bridgehead atoms. The van der Waals surface area contributed by atoms with Gasteiger partial charge < -0.3 is 9.88 Å². The first-order valence-corrected chi connectivity index (χ1v) is 11.9. The van der Waals surface area contributed by atoms with E-state index in [1.807, 2.05) is 31.3 Å². The Balaban J connectivity index is 1.35. The molecule has 4 aromatic rings. The van der Waals surface area contributed by atoms with Gasteiger partial charge in [0, 0.05) is 41.4 Å². The Hall–Kier alpha value is -3.72. The molecule has 1 amide bonds. The minimum atomic E-state index is -0.299. The molecule has 1 N–H and O–H groups in total. The largest absolute Gasteiger partial charge is 0.323 e. The van der Waals surface area contributed by atoms with Crippen LogP contribution in [0.15, 0.2) is 72.0 Å². The molecule has 0 fully saturated rings. The summed E-state index contributed by atoms with van der Waals surface area (Å²) in [6.07, 6.45) is 7.65. The van der Waals surface area contributed by atoms with Crippen molar-refractivity contribution >= 4 is 29.4 Å². The lowest BCUT2D eigenvalue weighted by Gasteiger charge is -2.06. The van der Waals surface area contributed by atoms with Gasteiger partial charge in [0.2, 0.25) is 5.91 Å². The van der Waals surface area contributed by atoms with E-state index in [0.29, 0.717) is 5.69 Å². The number of hydrogen-bond donors (Lipinski definition) is 1. The van der Waals surface area contributed by atoms with Crippen molar-refractivity contribution in [1.82, 2.24) is 24.5 Å². The minimum absolute atomic E-state index is 0.248. The van der Waals surface area contributed by atoms with E-state index < -0.39 is 0 Å². The molecule has 0 spiro atoms. The molecule has 0 aliphatic carbocycles. The zero-order valence-electron chi connectivity index (χ0n) is 19.0. The fourth-order valence-corrected chi connectivity index (χ4v) is 4.34. The molecular weight excluding hydrogens is 451 g/mol. The standard InChI is InChI=1S/C25H25FN6OS/c1-3-14-32-17-27-30-23(32)16-34-22-11-9-21(10-12-22)29-24(33)13-6-19-15-28-31(2)25(19)18-4-7-20(26)8-5-18/h4-13,15,17H,3,14,16H2,1-2H3,(H,29,33)/b13-6+. The number of carbonyl (C=O) groups excluding carboxylic acids is 1. The van der Waals surface area contributed by atoms with Crippen LogP contribution in [0.4, 0.5) is 10.1 Å². The summed E-state index contributed by atoms with van der Waals surface area (Å²) in [5.41, 5.74) is 3.10. The van der Waals surface area contributed by atoms with E-state index in [4.69, 9.17) is 0 Å². The summed E-state index contributed by atoms with van der Waals surface area (Å²) in [6.45, 7) is 3.03. The van der Waals surface area contributed by atoms with Gasteiger partial charge in [-0.25, -0.2) is 4.39 Å². The number of anilines is 1. The topological polar surface area (TPSA) is 77.6 Å². The lowest BCUT2D eigenvalue weighted by Crippen LogP contribution is -2.07. The van der Waals surface area contributed by atoms with Crippen LogP contribution >= 0.6 is 11.8 Å². The predicted molar refractivity (Wildman–Crippen MR) is 133 cm³/mol. The molecule has 34 heavy (non-hydrogen) atoms. The molecule has 0 atom stereocenters. The Labute approximate surface area is 201 Å². The van der Waals surface area contributed by atoms with E-state index in [-0.39, 0.29) is 11.7 Å². The smallest absolute Gasteiger partial charge is 0.248 e. The fraction of sp³-hybridized carbons (Fsp3) is 0.200. The van der Waals surface area contributed by atoms with Crippen LogP contribution in [-0.4, -0.2) is 30.5 Å². The second-order valence-corrected chi connectivity index (χ2v) is 8.70. The van der Waals surface area contributed by atoms with Gasteiger partial charge in [0.25, 0.3) is 0 Å². The van der Waals surface area contributed by atoms with Crippen LogP contribution in [0.3, 0.4) is 0 Å². The first-order chi connectivity index (χ1) is 16.5. The summed E-state index contributed by atoms with van der Waals surface area (Å²) < 4.78 is 17.0. The molecule has 0 radical (unpaired) electrons. The van der Waals surface area contributed by atoms with Gasteiger partial charge in [-0.15, -0.1) is 22.0 Å². The Morgan fingerprint density at radius 2 is 1.91 bits per heavy atom. The predicted octanol–water partition coefficient (Wildman–Crippen LogP) is 5.17. The number of nitrogens with one attached hydrogen (secondary N) is 1. The maximum atomic E-state index is 13.3. The molecule has 2 aromatic heterocycles. The number of amides is 1. The summed E-state index contributed by atoms with van der Waals surface area (Å²) in [6, 6.07) is 13.9. The van der Waals surface area contributed by atoms with Crippen LogP contribution in [0.25, 0.3) is 17.3 Å². The quantitative estimate of drug-likeness (QED) is 0.266. The van der Waals surface area contributed by atoms with Crippen LogP contribution in [0.1, 0.15) is 24.7 Å². The van der Waals surface area contributed by atoms with E-state index in [2.05, 4.69) is 32.1 Å². The number of aryl methyl sites for hydroxylation is 2. The van der Waals surface area contributed by atoms with Crippen molar-refractivity contribution in [3.8, 4) is 11.3 Å². The number of rotatable bonds is 9. The molecule has 2 heterocycles. The zero-order chi connectivity index (χ0) is 23.9. The van der Waals surface area contributed by atoms with Gasteiger partial charge in [0.1, 0.15) is 18.0 Å². The third-order valence-corrected chi connectivity index (χ3v) is 6.16. The first-order valence-electron chi connectivity index (χ1n) is 10.9. The highest BCUT2D eigenvalue weighted by atomic mass is 32.2. The Morgan fingerprint density at radius 1 is 1.15 bits per heavy atom. The number of benzene rings is 2. The molecule has 4 rings (SSSR count). The highest BCUT2D eigenvalue weighted by Crippen LogP contribution is 2.25. The highest BCUT2D eigenvalue weighted by molar-refractivity contribution is 7.98. The molecule has 0 unspecified atom stereocenters. The lowest BCUT2D eigenvalue weighted by molar-refractivity contribution is -0.111. The number of nitrogens with zero attached hydrogens (tertiary/aromatic N) is 5. The second-order valence-electron chi connectivity index (χ2n) is 7.66. The summed E-state index contributed by atoms with van der Waals surface area (Å²) in [5, 5.41) is 15.3. The van der Waals surface area contributed by atoms with Crippen LogP contribution in [0.2, 0.25) is 0 Å². The van der Waals surface area contributed by atoms with Gasteiger partial charge in [0.15, 0.2) is 0 Å². The third-order valence-electron chi connectivity index (χ3n) is 5.15. The van der Waals surface area contributed by atoms with Crippen molar-refractivity contribution in [3.63, 3.8) is 0 Å². The Kier molecular flexibility index (Phi) is 7.54. The van der Waals surface area contributed by atoms with Crippen LogP contribution in [0, 0.1) is 5.82 Å². The molecule has 0 aliphatic rings. The van der Waals surface area contributed by atoms with Gasteiger partial charge in [-0.2, -0.15) is 5.10 Å². The maximum Gasteiger partial charge on any atom is 0.248 e. The molecule has 9 heteroatoms. The van der Waals surface area contributed by atoms with Crippen molar-refractivity contribution in [2.45, 2.75) is 30.5 Å². The number of thioether (sulfide) groups is 1. The Bertz CT molecular complexity index is 1280. The Morgan fingerprint density at radius 3 is 2.65 bits per heavy atom. The van der Waals surface area contributed by atoms with Crippen molar-refractivity contribution in [3.05, 3.63) is 84.3 Å². The van der Waals surface area contributed by atoms with Gasteiger partial charge >= 0.3 is 0 Å². The molecular formula is C25H25FN6OS. The van der Waals surface area contributed by atoms with E-state index in [1.165, 1.54) is 18.2 Å². The molecule has 0 saturated carbocycles. The number of aromatic nitrogens is 5. The van der Waals surface area contributed by atoms with E-state index in [9.17, 15) is 9.18 Å². The van der Waals surface area contributed by atoms with Crippen LogP contribution in [0.5, 0.6) is 0 Å². The number of carbonyl (C=O) groups is 1. The van der Waals surface area contributed by atoms with Crippen molar-refractivity contribution in [2.24, 2.45) is 7.05 Å². The van der Waals surface area contributed by atoms with E-state index in [0.717, 1.165) is 46.3 Å². The van der Waals surface area contributed by atoms with Crippen molar-refractivity contribution < 1.29 is 9.18 Å². The average molecular weight is 477 g/mol. The summed E-state index contributed by atoms with van der Waals surface area (Å²) in [7, 11) is 1.81. The van der Waals surface area contributed by atoms with Gasteiger partial charge in [-0.05, 0) is 61.0 Å². The monoisotopic (exact) mass is 476 g/mol. The van der Waals surface area contributed by atoms with E-state index in [1.54, 1.807) is 47.2 Å². The third kappa shape index (κ3) is 5.79. The lowest BCUT2D eigenvalue weighted by atomic mass is 10.1. The highest BCUT2D eigenvalue weighted by Gasteiger charge is 2.10. The number of hydrogen-bond acceptors (Lipinski definition) is 5. The zero-order valence-corrected chi connectivity index (χ0v) is 19.8.